The summed E-state index contributed by atoms with van der Waals surface area (Å²) in [5, 5.41) is 0.564. The van der Waals surface area contributed by atoms with Crippen LogP contribution in [0.15, 0.2) is 75.8 Å². The van der Waals surface area contributed by atoms with Gasteiger partial charge in [0.2, 0.25) is 5.89 Å². The van der Waals surface area contributed by atoms with E-state index >= 15 is 0 Å². The Morgan fingerprint density at radius 2 is 1.79 bits per heavy atom. The van der Waals surface area contributed by atoms with Crippen LogP contribution in [0.4, 0.5) is 0 Å². The van der Waals surface area contributed by atoms with Crippen LogP contribution < -0.4 is 0 Å². The van der Waals surface area contributed by atoms with Crippen molar-refractivity contribution in [1.82, 2.24) is 9.97 Å². The van der Waals surface area contributed by atoms with E-state index in [0.29, 0.717) is 44.9 Å². The Hall–Kier alpha value is -3.93. The second kappa shape index (κ2) is 6.35. The molecule has 0 aliphatic rings. The number of rotatable bonds is 3. The molecule has 3 heterocycles. The van der Waals surface area contributed by atoms with Crippen LogP contribution in [0.3, 0.4) is 0 Å². The summed E-state index contributed by atoms with van der Waals surface area (Å²) in [6, 6.07) is 18.4. The molecule has 0 aliphatic heterocycles. The summed E-state index contributed by atoms with van der Waals surface area (Å²) in [4.78, 5) is 21.7. The maximum Gasteiger partial charge on any atom is 0.338 e. The molecule has 0 spiro atoms. The molecule has 5 rings (SSSR count). The Morgan fingerprint density at radius 1 is 0.964 bits per heavy atom. The van der Waals surface area contributed by atoms with Gasteiger partial charge in [0, 0.05) is 5.56 Å². The summed E-state index contributed by atoms with van der Waals surface area (Å²) in [5.41, 5.74) is 3.48. The first-order valence-corrected chi connectivity index (χ1v) is 8.66. The Morgan fingerprint density at radius 3 is 2.54 bits per heavy atom. The van der Waals surface area contributed by atoms with Crippen molar-refractivity contribution in [3.05, 3.63) is 72.5 Å². The van der Waals surface area contributed by atoms with Gasteiger partial charge < -0.3 is 13.6 Å². The molecule has 3 aromatic heterocycles. The highest BCUT2D eigenvalue weighted by molar-refractivity contribution is 6.13. The SMILES string of the molecule is COC(=O)c1cc(-c2ccco2)nc2ccc3nc(-c4ccccc4)oc3c12. The molecule has 0 atom stereocenters. The normalized spacial score (nSPS) is 11.2. The number of carbonyl (C=O) groups is 1. The number of nitrogens with zero attached hydrogens (tertiary/aromatic N) is 2. The fourth-order valence-electron chi connectivity index (χ4n) is 3.23. The largest absolute Gasteiger partial charge is 0.465 e. The van der Waals surface area contributed by atoms with Crippen LogP contribution >= 0.6 is 0 Å². The van der Waals surface area contributed by atoms with E-state index < -0.39 is 5.97 Å². The smallest absolute Gasteiger partial charge is 0.338 e. The number of aromatic nitrogens is 2. The second-order valence-electron chi connectivity index (χ2n) is 6.22. The first kappa shape index (κ1) is 16.3. The Kier molecular flexibility index (Phi) is 3.69. The molecule has 0 N–H and O–H groups in total. The van der Waals surface area contributed by atoms with Crippen LogP contribution in [-0.2, 0) is 4.74 Å². The molecule has 2 aromatic carbocycles. The first-order chi connectivity index (χ1) is 13.7. The van der Waals surface area contributed by atoms with Crippen LogP contribution in [0.5, 0.6) is 0 Å². The van der Waals surface area contributed by atoms with E-state index in [1.807, 2.05) is 42.5 Å². The van der Waals surface area contributed by atoms with Gasteiger partial charge in [-0.2, -0.15) is 0 Å². The van der Waals surface area contributed by atoms with Crippen LogP contribution in [0.25, 0.3) is 44.9 Å². The van der Waals surface area contributed by atoms with Crippen molar-refractivity contribution in [2.45, 2.75) is 0 Å². The van der Waals surface area contributed by atoms with Crippen molar-refractivity contribution in [3.63, 3.8) is 0 Å². The summed E-state index contributed by atoms with van der Waals surface area (Å²) < 4.78 is 16.5. The number of pyridine rings is 1. The van der Waals surface area contributed by atoms with Gasteiger partial charge in [-0.15, -0.1) is 0 Å². The lowest BCUT2D eigenvalue weighted by atomic mass is 10.1. The fourth-order valence-corrected chi connectivity index (χ4v) is 3.23. The van der Waals surface area contributed by atoms with Crippen molar-refractivity contribution in [2.24, 2.45) is 0 Å². The Bertz CT molecular complexity index is 1310. The maximum atomic E-state index is 12.5. The van der Waals surface area contributed by atoms with Gasteiger partial charge in [0.15, 0.2) is 11.3 Å². The van der Waals surface area contributed by atoms with Gasteiger partial charge in [-0.25, -0.2) is 14.8 Å². The number of benzene rings is 2. The quantitative estimate of drug-likeness (QED) is 0.412. The van der Waals surface area contributed by atoms with Gasteiger partial charge in [-0.3, -0.25) is 0 Å². The molecule has 6 nitrogen and oxygen atoms in total. The third-order valence-electron chi connectivity index (χ3n) is 4.53. The van der Waals surface area contributed by atoms with E-state index in [0.717, 1.165) is 5.56 Å². The average Bonchev–Trinajstić information content (AvgIpc) is 3.42. The van der Waals surface area contributed by atoms with Crippen LogP contribution in [0, 0.1) is 0 Å². The van der Waals surface area contributed by atoms with Gasteiger partial charge in [0.25, 0.3) is 0 Å². The van der Waals surface area contributed by atoms with E-state index in [1.54, 1.807) is 24.5 Å². The monoisotopic (exact) mass is 370 g/mol. The average molecular weight is 370 g/mol. The van der Waals surface area contributed by atoms with Crippen molar-refractivity contribution < 1.29 is 18.4 Å². The van der Waals surface area contributed by atoms with Gasteiger partial charge >= 0.3 is 5.97 Å². The summed E-state index contributed by atoms with van der Waals surface area (Å²) in [6.45, 7) is 0. The summed E-state index contributed by atoms with van der Waals surface area (Å²) in [7, 11) is 1.34. The van der Waals surface area contributed by atoms with Crippen LogP contribution in [-0.4, -0.2) is 23.0 Å². The number of hydrogen-bond acceptors (Lipinski definition) is 6. The van der Waals surface area contributed by atoms with Crippen molar-refractivity contribution in [1.29, 1.82) is 0 Å². The highest BCUT2D eigenvalue weighted by Crippen LogP contribution is 2.34. The van der Waals surface area contributed by atoms with Gasteiger partial charge in [-0.05, 0) is 42.5 Å². The molecule has 0 amide bonds. The summed E-state index contributed by atoms with van der Waals surface area (Å²) >= 11 is 0. The van der Waals surface area contributed by atoms with Crippen LogP contribution in [0.2, 0.25) is 0 Å². The number of methoxy groups -OCH3 is 1. The lowest BCUT2D eigenvalue weighted by Gasteiger charge is -2.07. The maximum absolute atomic E-state index is 12.5. The van der Waals surface area contributed by atoms with Gasteiger partial charge in [0.1, 0.15) is 11.2 Å². The van der Waals surface area contributed by atoms with E-state index in [2.05, 4.69) is 9.97 Å². The lowest BCUT2D eigenvalue weighted by molar-refractivity contribution is 0.0603. The lowest BCUT2D eigenvalue weighted by Crippen LogP contribution is -2.04. The van der Waals surface area contributed by atoms with Crippen LogP contribution in [0.1, 0.15) is 10.4 Å². The topological polar surface area (TPSA) is 78.4 Å². The molecule has 28 heavy (non-hydrogen) atoms. The minimum atomic E-state index is -0.481. The number of oxazole rings is 1. The third kappa shape index (κ3) is 2.54. The standard InChI is InChI=1S/C22H14N2O4/c1-26-22(25)14-12-17(18-8-5-11-27-18)23-15-9-10-16-20(19(14)15)28-21(24-16)13-6-3-2-4-7-13/h2-12H,1H3. The Labute approximate surface area is 159 Å². The number of hydrogen-bond donors (Lipinski definition) is 0. The van der Waals surface area contributed by atoms with Gasteiger partial charge in [0.05, 0.1) is 29.8 Å². The Balaban J connectivity index is 1.82. The van der Waals surface area contributed by atoms with E-state index in [4.69, 9.17) is 13.6 Å². The number of ether oxygens (including phenoxy) is 1. The molecule has 0 bridgehead atoms. The predicted octanol–water partition coefficient (Wildman–Crippen LogP) is 5.09. The fraction of sp³-hybridized carbons (Fsp3) is 0.0455. The summed E-state index contributed by atoms with van der Waals surface area (Å²) in [6.07, 6.45) is 1.56. The van der Waals surface area contributed by atoms with Crippen molar-refractivity contribution >= 4 is 28.0 Å². The second-order valence-corrected chi connectivity index (χ2v) is 6.22. The highest BCUT2D eigenvalue weighted by atomic mass is 16.5. The first-order valence-electron chi connectivity index (χ1n) is 8.66. The van der Waals surface area contributed by atoms with Crippen molar-refractivity contribution in [2.75, 3.05) is 7.11 Å². The molecule has 0 aliphatic carbocycles. The zero-order valence-corrected chi connectivity index (χ0v) is 14.9. The van der Waals surface area contributed by atoms with E-state index in [9.17, 15) is 4.79 Å². The molecule has 0 unspecified atom stereocenters. The number of esters is 1. The number of carbonyl (C=O) groups excluding carboxylic acids is 1. The zero-order valence-electron chi connectivity index (χ0n) is 14.9. The molecule has 0 saturated carbocycles. The van der Waals surface area contributed by atoms with E-state index in [1.165, 1.54) is 7.11 Å². The van der Waals surface area contributed by atoms with E-state index in [-0.39, 0.29) is 0 Å². The molecule has 0 fully saturated rings. The molecule has 0 radical (unpaired) electrons. The molecule has 6 heteroatoms. The third-order valence-corrected chi connectivity index (χ3v) is 4.53. The van der Waals surface area contributed by atoms with Crippen molar-refractivity contribution in [3.8, 4) is 22.9 Å². The number of fused-ring (bicyclic) bond motifs is 3. The molecule has 5 aromatic rings. The molecular weight excluding hydrogens is 356 g/mol. The predicted molar refractivity (Wildman–Crippen MR) is 104 cm³/mol. The minimum absolute atomic E-state index is 0.347. The zero-order chi connectivity index (χ0) is 19.1. The molecule has 0 saturated heterocycles. The molecular formula is C22H14N2O4. The molecule has 136 valence electrons. The summed E-state index contributed by atoms with van der Waals surface area (Å²) in [5.74, 6) is 0.564. The minimum Gasteiger partial charge on any atom is -0.465 e. The highest BCUT2D eigenvalue weighted by Gasteiger charge is 2.21. The number of furan rings is 1. The van der Waals surface area contributed by atoms with Gasteiger partial charge in [-0.1, -0.05) is 18.2 Å².